The highest BCUT2D eigenvalue weighted by atomic mass is 16.3. The van der Waals surface area contributed by atoms with Gasteiger partial charge in [-0.25, -0.2) is 0 Å². The zero-order chi connectivity index (χ0) is 16.8. The predicted octanol–water partition coefficient (Wildman–Crippen LogP) is 1.51. The Kier molecular flexibility index (Phi) is 3.90. The first kappa shape index (κ1) is 16.0. The highest BCUT2D eigenvalue weighted by Crippen LogP contribution is 2.36. The number of fused-ring (bicyclic) bond motifs is 1. The number of aliphatic hydroxyl groups is 1. The van der Waals surface area contributed by atoms with Crippen molar-refractivity contribution in [2.75, 3.05) is 5.32 Å². The Morgan fingerprint density at radius 3 is 2.70 bits per heavy atom. The number of rotatable bonds is 2. The van der Waals surface area contributed by atoms with Crippen molar-refractivity contribution in [3.63, 3.8) is 0 Å². The van der Waals surface area contributed by atoms with Crippen molar-refractivity contribution in [1.29, 1.82) is 0 Å². The summed E-state index contributed by atoms with van der Waals surface area (Å²) in [6.45, 7) is 6.74. The molecule has 6 nitrogen and oxygen atoms in total. The van der Waals surface area contributed by atoms with Crippen molar-refractivity contribution in [1.82, 2.24) is 10.2 Å². The van der Waals surface area contributed by atoms with Gasteiger partial charge in [0.1, 0.15) is 6.23 Å². The van der Waals surface area contributed by atoms with Gasteiger partial charge >= 0.3 is 0 Å². The Labute approximate surface area is 135 Å². The van der Waals surface area contributed by atoms with E-state index in [-0.39, 0.29) is 17.4 Å². The van der Waals surface area contributed by atoms with Crippen molar-refractivity contribution < 1.29 is 14.7 Å². The number of piperidine rings is 1. The van der Waals surface area contributed by atoms with Crippen LogP contribution in [0.25, 0.3) is 0 Å². The van der Waals surface area contributed by atoms with Crippen molar-refractivity contribution >= 4 is 17.5 Å². The summed E-state index contributed by atoms with van der Waals surface area (Å²) in [5.41, 5.74) is 2.72. The molecule has 3 rings (SSSR count). The maximum Gasteiger partial charge on any atom is 0.244 e. The van der Waals surface area contributed by atoms with Crippen LogP contribution in [0, 0.1) is 0 Å². The molecule has 0 saturated carbocycles. The van der Waals surface area contributed by atoms with Gasteiger partial charge in [-0.1, -0.05) is 6.07 Å². The lowest BCUT2D eigenvalue weighted by molar-refractivity contribution is -0.141. The Morgan fingerprint density at radius 1 is 1.30 bits per heavy atom. The summed E-state index contributed by atoms with van der Waals surface area (Å²) < 4.78 is 0. The topological polar surface area (TPSA) is 81.7 Å². The van der Waals surface area contributed by atoms with Gasteiger partial charge in [-0.3, -0.25) is 19.8 Å². The van der Waals surface area contributed by atoms with Crippen LogP contribution < -0.4 is 10.6 Å². The molecule has 6 heteroatoms. The van der Waals surface area contributed by atoms with Crippen LogP contribution in [0.5, 0.6) is 0 Å². The van der Waals surface area contributed by atoms with Crippen LogP contribution in [-0.4, -0.2) is 33.4 Å². The van der Waals surface area contributed by atoms with Crippen LogP contribution in [0.2, 0.25) is 0 Å². The van der Waals surface area contributed by atoms with Gasteiger partial charge in [0, 0.05) is 29.8 Å². The molecular formula is C17H23N3O3. The normalized spacial score (nSPS) is 25.2. The Hall–Kier alpha value is -1.92. The first-order valence-corrected chi connectivity index (χ1v) is 7.93. The number of anilines is 1. The molecule has 2 unspecified atom stereocenters. The maximum atomic E-state index is 12.0. The van der Waals surface area contributed by atoms with Crippen LogP contribution in [0.3, 0.4) is 0 Å². The van der Waals surface area contributed by atoms with Gasteiger partial charge in [0.25, 0.3) is 0 Å². The van der Waals surface area contributed by atoms with E-state index in [9.17, 15) is 14.7 Å². The van der Waals surface area contributed by atoms with Gasteiger partial charge in [0.15, 0.2) is 0 Å². The van der Waals surface area contributed by atoms with E-state index in [1.54, 1.807) is 4.90 Å². The molecule has 2 aliphatic heterocycles. The average molecular weight is 317 g/mol. The SMILES string of the molecule is CC(C)(C)Nc1ccc2c(c1)C(O)N(C1CCC(=O)NC1=O)C2. The standard InChI is InChI=1S/C17H23N3O3/c1-17(2,3)19-11-5-4-10-9-20(16(23)12(10)8-11)13-6-7-14(21)18-15(13)22/h4-5,8,13,16,19,23H,6-7,9H2,1-3H3,(H,18,21,22). The van der Waals surface area contributed by atoms with E-state index in [1.807, 2.05) is 18.2 Å². The van der Waals surface area contributed by atoms with E-state index in [0.717, 1.165) is 16.8 Å². The molecule has 124 valence electrons. The highest BCUT2D eigenvalue weighted by Gasteiger charge is 2.39. The zero-order valence-corrected chi connectivity index (χ0v) is 13.7. The first-order valence-electron chi connectivity index (χ1n) is 7.93. The molecule has 3 N–H and O–H groups in total. The molecule has 2 atom stereocenters. The number of hydrogen-bond acceptors (Lipinski definition) is 5. The quantitative estimate of drug-likeness (QED) is 0.720. The predicted molar refractivity (Wildman–Crippen MR) is 86.5 cm³/mol. The second-order valence-corrected chi connectivity index (χ2v) is 7.30. The molecule has 0 aromatic heterocycles. The number of imide groups is 1. The second-order valence-electron chi connectivity index (χ2n) is 7.30. The Bertz CT molecular complexity index is 651. The molecule has 1 saturated heterocycles. The number of aliphatic hydroxyl groups excluding tert-OH is 1. The summed E-state index contributed by atoms with van der Waals surface area (Å²) >= 11 is 0. The molecule has 0 spiro atoms. The Morgan fingerprint density at radius 2 is 2.04 bits per heavy atom. The number of hydrogen-bond donors (Lipinski definition) is 3. The van der Waals surface area contributed by atoms with Gasteiger partial charge in [0.2, 0.25) is 11.8 Å². The number of nitrogens with zero attached hydrogens (tertiary/aromatic N) is 1. The van der Waals surface area contributed by atoms with E-state index in [0.29, 0.717) is 19.4 Å². The molecule has 1 fully saturated rings. The van der Waals surface area contributed by atoms with E-state index in [1.165, 1.54) is 0 Å². The third kappa shape index (κ3) is 3.23. The summed E-state index contributed by atoms with van der Waals surface area (Å²) in [6, 6.07) is 5.45. The molecular weight excluding hydrogens is 294 g/mol. The fourth-order valence-corrected chi connectivity index (χ4v) is 3.23. The maximum absolute atomic E-state index is 12.0. The van der Waals surface area contributed by atoms with Crippen molar-refractivity contribution in [3.8, 4) is 0 Å². The van der Waals surface area contributed by atoms with Gasteiger partial charge in [0.05, 0.1) is 6.04 Å². The Balaban J connectivity index is 1.80. The molecule has 1 aromatic rings. The van der Waals surface area contributed by atoms with Gasteiger partial charge in [-0.05, 0) is 44.9 Å². The minimum absolute atomic E-state index is 0.0684. The summed E-state index contributed by atoms with van der Waals surface area (Å²) in [5.74, 6) is -0.560. The number of carbonyl (C=O) groups excluding carboxylic acids is 2. The van der Waals surface area contributed by atoms with E-state index < -0.39 is 12.3 Å². The van der Waals surface area contributed by atoms with Crippen LogP contribution in [0.1, 0.15) is 51.0 Å². The number of nitrogens with one attached hydrogen (secondary N) is 2. The monoisotopic (exact) mass is 317 g/mol. The largest absolute Gasteiger partial charge is 0.380 e. The third-order valence-electron chi connectivity index (χ3n) is 4.22. The first-order chi connectivity index (χ1) is 10.7. The summed E-state index contributed by atoms with van der Waals surface area (Å²) in [5, 5.41) is 16.4. The molecule has 23 heavy (non-hydrogen) atoms. The number of amides is 2. The average Bonchev–Trinajstić information content (AvgIpc) is 2.74. The zero-order valence-electron chi connectivity index (χ0n) is 13.7. The van der Waals surface area contributed by atoms with Crippen LogP contribution in [-0.2, 0) is 16.1 Å². The molecule has 2 amide bonds. The number of benzene rings is 1. The highest BCUT2D eigenvalue weighted by molar-refractivity contribution is 6.00. The fraction of sp³-hybridized carbons (Fsp3) is 0.529. The van der Waals surface area contributed by atoms with E-state index in [4.69, 9.17) is 0 Å². The minimum Gasteiger partial charge on any atom is -0.380 e. The van der Waals surface area contributed by atoms with E-state index in [2.05, 4.69) is 31.4 Å². The molecule has 0 bridgehead atoms. The summed E-state index contributed by atoms with van der Waals surface area (Å²) in [4.78, 5) is 25.1. The van der Waals surface area contributed by atoms with Crippen molar-refractivity contribution in [2.45, 2.75) is 58.0 Å². The third-order valence-corrected chi connectivity index (χ3v) is 4.22. The number of carbonyl (C=O) groups is 2. The van der Waals surface area contributed by atoms with Crippen molar-refractivity contribution in [3.05, 3.63) is 29.3 Å². The van der Waals surface area contributed by atoms with Crippen LogP contribution >= 0.6 is 0 Å². The minimum atomic E-state index is -0.823. The van der Waals surface area contributed by atoms with Gasteiger partial charge in [-0.2, -0.15) is 0 Å². The molecule has 2 heterocycles. The van der Waals surface area contributed by atoms with Crippen LogP contribution in [0.15, 0.2) is 18.2 Å². The molecule has 1 aromatic carbocycles. The smallest absolute Gasteiger partial charge is 0.244 e. The lowest BCUT2D eigenvalue weighted by atomic mass is 10.0. The lowest BCUT2D eigenvalue weighted by Gasteiger charge is -2.31. The van der Waals surface area contributed by atoms with E-state index >= 15 is 0 Å². The van der Waals surface area contributed by atoms with Gasteiger partial charge in [-0.15, -0.1) is 0 Å². The summed E-state index contributed by atoms with van der Waals surface area (Å²) in [7, 11) is 0. The lowest BCUT2D eigenvalue weighted by Crippen LogP contribution is -2.51. The molecule has 0 radical (unpaired) electrons. The molecule has 0 aliphatic carbocycles. The summed E-state index contributed by atoms with van der Waals surface area (Å²) in [6.07, 6.45) is -0.0639. The molecule has 2 aliphatic rings. The van der Waals surface area contributed by atoms with Crippen LogP contribution in [0.4, 0.5) is 5.69 Å². The van der Waals surface area contributed by atoms with Gasteiger partial charge < -0.3 is 10.4 Å². The second kappa shape index (κ2) is 5.62. The van der Waals surface area contributed by atoms with Crippen molar-refractivity contribution in [2.24, 2.45) is 0 Å². The fourth-order valence-electron chi connectivity index (χ4n) is 3.23.